The van der Waals surface area contributed by atoms with Crippen molar-refractivity contribution >= 4 is 0 Å². The summed E-state index contributed by atoms with van der Waals surface area (Å²) in [6.45, 7) is 79.1. The van der Waals surface area contributed by atoms with Crippen LogP contribution in [0.5, 0.6) is 0 Å². The summed E-state index contributed by atoms with van der Waals surface area (Å²) < 4.78 is 54.2. The molecule has 5 heteroatoms. The molecule has 0 amide bonds. The van der Waals surface area contributed by atoms with Gasteiger partial charge in [0.15, 0.2) is 0 Å². The molecule has 1 aliphatic rings. The Kier molecular flexibility index (Phi) is 45.4. The molecule has 0 radical (unpaired) electrons. The van der Waals surface area contributed by atoms with Crippen molar-refractivity contribution in [1.29, 1.82) is 0 Å². The van der Waals surface area contributed by atoms with Crippen LogP contribution in [-0.4, -0.2) is 10.7 Å². The lowest BCUT2D eigenvalue weighted by atomic mass is 9.88. The zero-order valence-corrected chi connectivity index (χ0v) is 84.7. The SMILES string of the molecule is CC(C)c1cc(F)cc(C#CC(C)(C)C)c1.CC(C)c1cc(F)cc(C#CC(C)(C)C)c1.CC(C)c1cc(F)cc(C#CC(C)(C)C2CC2)c1.CC(C)c1cccc(C#CC(C)(C)C)c1.CC(C)c1cccc(C#CC(C)(C)C)c1.CC(C)c1cccc(C#CC(C)(C)C)c1.CC(C)c1cccc(C#CC(C)(C)C)c1F.CC(C)c1cccc(C#CC(C)(C)O)c1. The van der Waals surface area contributed by atoms with E-state index in [0.29, 0.717) is 47.0 Å². The van der Waals surface area contributed by atoms with E-state index in [-0.39, 0.29) is 67.1 Å². The van der Waals surface area contributed by atoms with E-state index < -0.39 is 5.60 Å². The molecule has 674 valence electrons. The van der Waals surface area contributed by atoms with Crippen molar-refractivity contribution in [2.45, 2.75) is 329 Å². The van der Waals surface area contributed by atoms with Crippen LogP contribution in [0.3, 0.4) is 0 Å². The molecule has 1 nitrogen and oxygen atoms in total. The standard InChI is InChI=1S/C17H21F.3C15H19F.3C15H20.C14H18O/c1-12(2)14-9-13(10-16(18)11-14)7-8-17(3,4)15-5-6-15;2*1-11(2)13-8-12(9-14(16)10-13)6-7-15(3,4)5;1-11(2)13-8-6-7-12(14(13)16)9-10-15(3,4)5;3*1-12(2)14-8-6-7-13(11-14)9-10-15(3,4)5;1-11(2)13-7-5-6-12(10-13)8-9-14(3,4)15/h9-12,15H,5-6H2,1-4H3;2*8-11H,1-5H3;6-8,11H,1-5H3;3*6-8,11-12H,1-5H3;5-7,10-11,15H,1-4H3. The molecule has 1 aliphatic carbocycles. The second kappa shape index (κ2) is 51.1. The molecule has 0 unspecified atom stereocenters. The van der Waals surface area contributed by atoms with Gasteiger partial charge < -0.3 is 5.11 Å². The number of benzene rings is 8. The molecule has 0 saturated heterocycles. The maximum atomic E-state index is 14.0. The van der Waals surface area contributed by atoms with Crippen molar-refractivity contribution in [3.63, 3.8) is 0 Å². The Morgan fingerprint density at radius 3 is 0.698 bits per heavy atom. The van der Waals surface area contributed by atoms with Gasteiger partial charge in [0.2, 0.25) is 0 Å². The molecule has 9 rings (SSSR count). The Morgan fingerprint density at radius 1 is 0.246 bits per heavy atom. The van der Waals surface area contributed by atoms with E-state index in [2.05, 4.69) is 353 Å². The Labute approximate surface area is 767 Å². The molecule has 0 aromatic heterocycles. The third kappa shape index (κ3) is 50.9. The van der Waals surface area contributed by atoms with Gasteiger partial charge in [-0.15, -0.1) is 0 Å². The first-order valence-electron chi connectivity index (χ1n) is 45.4. The van der Waals surface area contributed by atoms with Gasteiger partial charge in [0.25, 0.3) is 0 Å². The number of rotatable bonds is 9. The van der Waals surface area contributed by atoms with Gasteiger partial charge in [-0.1, -0.05) is 266 Å². The Balaban J connectivity index is 0.000000488. The van der Waals surface area contributed by atoms with E-state index in [1.807, 2.05) is 119 Å². The van der Waals surface area contributed by atoms with E-state index in [0.717, 1.165) is 67.1 Å². The summed E-state index contributed by atoms with van der Waals surface area (Å²) in [5, 5.41) is 9.48. The van der Waals surface area contributed by atoms with Crippen molar-refractivity contribution in [2.24, 2.45) is 43.8 Å². The second-order valence-electron chi connectivity index (χ2n) is 42.8. The molecule has 8 aromatic rings. The molecular formula is C121H156F4O. The van der Waals surface area contributed by atoms with Crippen LogP contribution in [0.15, 0.2) is 170 Å². The number of hydrogen-bond donors (Lipinski definition) is 1. The topological polar surface area (TPSA) is 20.2 Å². The van der Waals surface area contributed by atoms with Crippen molar-refractivity contribution in [3.05, 3.63) is 282 Å². The van der Waals surface area contributed by atoms with Gasteiger partial charge in [-0.05, 0) is 372 Å². The van der Waals surface area contributed by atoms with Gasteiger partial charge in [-0.3, -0.25) is 0 Å². The first kappa shape index (κ1) is 112. The second-order valence-corrected chi connectivity index (χ2v) is 42.8. The molecule has 0 heterocycles. The van der Waals surface area contributed by atoms with Crippen LogP contribution in [0.1, 0.15) is 412 Å². The van der Waals surface area contributed by atoms with E-state index in [9.17, 15) is 22.7 Å². The van der Waals surface area contributed by atoms with Gasteiger partial charge in [-0.2, -0.15) is 0 Å². The average Bonchev–Trinajstić information content (AvgIpc) is 1.70. The lowest BCUT2D eigenvalue weighted by Crippen LogP contribution is -2.14. The minimum atomic E-state index is -0.923. The largest absolute Gasteiger partial charge is 0.378 e. The third-order valence-corrected chi connectivity index (χ3v) is 18.7. The Morgan fingerprint density at radius 2 is 0.468 bits per heavy atom. The molecule has 8 aromatic carbocycles. The number of aliphatic hydroxyl groups is 1. The molecule has 1 fully saturated rings. The summed E-state index contributed by atoms with van der Waals surface area (Å²) in [5.74, 6) is 53.3. The zero-order chi connectivity index (χ0) is 96.3. The van der Waals surface area contributed by atoms with E-state index in [1.54, 1.807) is 38.1 Å². The Bertz CT molecular complexity index is 4910. The number of halogens is 4. The summed E-state index contributed by atoms with van der Waals surface area (Å²) in [7, 11) is 0. The normalized spacial score (nSPS) is 11.7. The van der Waals surface area contributed by atoms with Crippen LogP contribution in [0.25, 0.3) is 0 Å². The molecular weight excluding hydrogens is 1550 g/mol. The lowest BCUT2D eigenvalue weighted by molar-refractivity contribution is 0.143. The molecule has 1 saturated carbocycles. The summed E-state index contributed by atoms with van der Waals surface area (Å²) in [4.78, 5) is 0. The van der Waals surface area contributed by atoms with Crippen LogP contribution in [0, 0.1) is 162 Å². The summed E-state index contributed by atoms with van der Waals surface area (Å²) >= 11 is 0. The fourth-order valence-corrected chi connectivity index (χ4v) is 11.0. The maximum absolute atomic E-state index is 14.0. The van der Waals surface area contributed by atoms with Gasteiger partial charge >= 0.3 is 0 Å². The smallest absolute Gasteiger partial charge is 0.142 e. The van der Waals surface area contributed by atoms with Gasteiger partial charge in [0.05, 0.1) is 5.56 Å². The van der Waals surface area contributed by atoms with Gasteiger partial charge in [0.1, 0.15) is 28.9 Å². The monoisotopic (exact) mass is 1700 g/mol. The van der Waals surface area contributed by atoms with Crippen LogP contribution in [-0.2, 0) is 0 Å². The van der Waals surface area contributed by atoms with Crippen LogP contribution in [0.4, 0.5) is 17.6 Å². The fourth-order valence-electron chi connectivity index (χ4n) is 11.0. The van der Waals surface area contributed by atoms with Crippen LogP contribution < -0.4 is 0 Å². The molecule has 1 N–H and O–H groups in total. The minimum absolute atomic E-state index is 0.0513. The van der Waals surface area contributed by atoms with E-state index >= 15 is 0 Å². The first-order chi connectivity index (χ1) is 57.8. The molecule has 0 aliphatic heterocycles. The highest BCUT2D eigenvalue weighted by atomic mass is 19.1. The predicted molar refractivity (Wildman–Crippen MR) is 539 cm³/mol. The van der Waals surface area contributed by atoms with Gasteiger partial charge in [-0.25, -0.2) is 17.6 Å². The highest BCUT2D eigenvalue weighted by molar-refractivity contribution is 5.47. The summed E-state index contributed by atoms with van der Waals surface area (Å²) in [5.41, 5.74) is 15.4. The van der Waals surface area contributed by atoms with Crippen molar-refractivity contribution < 1.29 is 22.7 Å². The predicted octanol–water partition coefficient (Wildman–Crippen LogP) is 33.3. The van der Waals surface area contributed by atoms with Crippen LogP contribution in [0.2, 0.25) is 0 Å². The fraction of sp³-hybridized carbons (Fsp3) is 0.471. The average molecular weight is 1700 g/mol. The molecule has 0 bridgehead atoms. The first-order valence-corrected chi connectivity index (χ1v) is 45.4. The van der Waals surface area contributed by atoms with Crippen molar-refractivity contribution in [1.82, 2.24) is 0 Å². The third-order valence-electron chi connectivity index (χ3n) is 18.7. The number of hydrogen-bond acceptors (Lipinski definition) is 1. The van der Waals surface area contributed by atoms with Crippen molar-refractivity contribution in [3.8, 4) is 94.7 Å². The Hall–Kier alpha value is -10.1. The van der Waals surface area contributed by atoms with Gasteiger partial charge in [0, 0.05) is 76.8 Å². The lowest BCUT2D eigenvalue weighted by Gasteiger charge is -2.15. The highest BCUT2D eigenvalue weighted by Gasteiger charge is 2.36. The minimum Gasteiger partial charge on any atom is -0.378 e. The highest BCUT2D eigenvalue weighted by Crippen LogP contribution is 2.45. The van der Waals surface area contributed by atoms with E-state index in [4.69, 9.17) is 0 Å². The maximum Gasteiger partial charge on any atom is 0.142 e. The zero-order valence-electron chi connectivity index (χ0n) is 84.7. The van der Waals surface area contributed by atoms with E-state index in [1.165, 1.54) is 53.3 Å². The summed E-state index contributed by atoms with van der Waals surface area (Å²) in [6.07, 6.45) is 2.56. The van der Waals surface area contributed by atoms with Crippen LogP contribution >= 0.6 is 0 Å². The molecule has 126 heavy (non-hydrogen) atoms. The molecule has 0 spiro atoms. The quantitative estimate of drug-likeness (QED) is 0.113. The van der Waals surface area contributed by atoms with Crippen molar-refractivity contribution in [2.75, 3.05) is 0 Å². The molecule has 0 atom stereocenters. The summed E-state index contributed by atoms with van der Waals surface area (Å²) in [6, 6.07) is 54.3.